The second kappa shape index (κ2) is 12.0. The Labute approximate surface area is 173 Å². The number of benzene rings is 1. The zero-order valence-electron chi connectivity index (χ0n) is 18.2. The summed E-state index contributed by atoms with van der Waals surface area (Å²) < 4.78 is 39.3. The average molecular weight is 411 g/mol. The van der Waals surface area contributed by atoms with Gasteiger partial charge in [0.1, 0.15) is 11.4 Å². The van der Waals surface area contributed by atoms with E-state index in [1.165, 1.54) is 0 Å². The molecule has 1 heterocycles. The Kier molecular flexibility index (Phi) is 9.73. The van der Waals surface area contributed by atoms with E-state index in [2.05, 4.69) is 0 Å². The maximum atomic E-state index is 6.22. The van der Waals surface area contributed by atoms with E-state index < -0.39 is 5.60 Å². The van der Waals surface area contributed by atoms with Gasteiger partial charge in [-0.3, -0.25) is 0 Å². The van der Waals surface area contributed by atoms with Gasteiger partial charge in [0.15, 0.2) is 11.5 Å². The topological polar surface area (TPSA) is 64.6 Å². The predicted molar refractivity (Wildman–Crippen MR) is 111 cm³/mol. The van der Waals surface area contributed by atoms with Crippen molar-refractivity contribution >= 4 is 6.08 Å². The highest BCUT2D eigenvalue weighted by atomic mass is 16.6. The molecule has 1 aliphatic rings. The van der Waals surface area contributed by atoms with Crippen LogP contribution in [0.3, 0.4) is 0 Å². The van der Waals surface area contributed by atoms with Crippen molar-refractivity contribution in [3.63, 3.8) is 0 Å². The molecule has 0 N–H and O–H groups in total. The van der Waals surface area contributed by atoms with Gasteiger partial charge >= 0.3 is 0 Å². The highest BCUT2D eigenvalue weighted by Crippen LogP contribution is 2.44. The van der Waals surface area contributed by atoms with Crippen molar-refractivity contribution in [3.05, 3.63) is 23.3 Å². The van der Waals surface area contributed by atoms with Gasteiger partial charge in [0.25, 0.3) is 0 Å². The van der Waals surface area contributed by atoms with Gasteiger partial charge in [-0.25, -0.2) is 0 Å². The molecule has 1 aromatic carbocycles. The first-order valence-electron chi connectivity index (χ1n) is 9.99. The monoisotopic (exact) mass is 410 g/mol. The smallest absolute Gasteiger partial charge is 0.170 e. The van der Waals surface area contributed by atoms with Crippen molar-refractivity contribution in [2.75, 3.05) is 60.5 Å². The van der Waals surface area contributed by atoms with Crippen LogP contribution >= 0.6 is 0 Å². The van der Waals surface area contributed by atoms with Gasteiger partial charge in [-0.2, -0.15) is 0 Å². The zero-order valence-corrected chi connectivity index (χ0v) is 18.2. The predicted octanol–water partition coefficient (Wildman–Crippen LogP) is 3.47. The first-order valence-corrected chi connectivity index (χ1v) is 9.99. The summed E-state index contributed by atoms with van der Waals surface area (Å²) in [5.41, 5.74) is 1.40. The van der Waals surface area contributed by atoms with Crippen LogP contribution < -0.4 is 14.2 Å². The SMILES string of the molecule is CCOc1c(OC)cc2c(c1COCCOCCOCCOC)OC(C)(C)C=C2. The van der Waals surface area contributed by atoms with Gasteiger partial charge in [-0.1, -0.05) is 6.08 Å². The van der Waals surface area contributed by atoms with Crippen LogP contribution in [0, 0.1) is 0 Å². The lowest BCUT2D eigenvalue weighted by molar-refractivity contribution is 0.0000806. The van der Waals surface area contributed by atoms with E-state index in [4.69, 9.17) is 33.2 Å². The lowest BCUT2D eigenvalue weighted by Gasteiger charge is -2.31. The second-order valence-electron chi connectivity index (χ2n) is 7.05. The van der Waals surface area contributed by atoms with E-state index in [9.17, 15) is 0 Å². The first-order chi connectivity index (χ1) is 14.0. The standard InChI is InChI=1S/C22H34O7/c1-6-28-21-18(16-27-14-13-26-12-11-25-10-9-23-4)20-17(15-19(21)24-5)7-8-22(2,3)29-20/h7-8,15H,6,9-14,16H2,1-5H3. The van der Waals surface area contributed by atoms with Crippen LogP contribution in [0.15, 0.2) is 12.1 Å². The molecule has 0 saturated heterocycles. The molecule has 0 amide bonds. The largest absolute Gasteiger partial charge is 0.493 e. The minimum absolute atomic E-state index is 0.340. The molecular formula is C22H34O7. The Hall–Kier alpha value is -1.80. The molecule has 0 unspecified atom stereocenters. The molecule has 7 nitrogen and oxygen atoms in total. The molecule has 29 heavy (non-hydrogen) atoms. The Morgan fingerprint density at radius 3 is 2.21 bits per heavy atom. The molecule has 1 aliphatic heterocycles. The molecule has 0 atom stereocenters. The van der Waals surface area contributed by atoms with Crippen molar-refractivity contribution in [1.29, 1.82) is 0 Å². The molecule has 0 saturated carbocycles. The molecular weight excluding hydrogens is 376 g/mol. The number of hydrogen-bond acceptors (Lipinski definition) is 7. The Morgan fingerprint density at radius 1 is 0.931 bits per heavy atom. The van der Waals surface area contributed by atoms with Gasteiger partial charge in [0, 0.05) is 12.7 Å². The Morgan fingerprint density at radius 2 is 1.59 bits per heavy atom. The van der Waals surface area contributed by atoms with E-state index in [1.54, 1.807) is 14.2 Å². The first kappa shape index (κ1) is 23.5. The van der Waals surface area contributed by atoms with Gasteiger partial charge in [0.05, 0.1) is 65.5 Å². The summed E-state index contributed by atoms with van der Waals surface area (Å²) >= 11 is 0. The summed E-state index contributed by atoms with van der Waals surface area (Å²) in [7, 11) is 3.28. The molecule has 164 valence electrons. The molecule has 7 heteroatoms. The molecule has 0 aromatic heterocycles. The van der Waals surface area contributed by atoms with Crippen LogP contribution in [-0.4, -0.2) is 66.1 Å². The molecule has 0 fully saturated rings. The molecule has 0 radical (unpaired) electrons. The summed E-state index contributed by atoms with van der Waals surface area (Å²) in [6.07, 6.45) is 4.08. The number of fused-ring (bicyclic) bond motifs is 1. The third-order valence-electron chi connectivity index (χ3n) is 4.28. The minimum Gasteiger partial charge on any atom is -0.493 e. The van der Waals surface area contributed by atoms with Crippen molar-refractivity contribution in [3.8, 4) is 17.2 Å². The van der Waals surface area contributed by atoms with Gasteiger partial charge in [-0.05, 0) is 32.9 Å². The zero-order chi connectivity index (χ0) is 21.1. The lowest BCUT2D eigenvalue weighted by Crippen LogP contribution is -2.28. The van der Waals surface area contributed by atoms with Gasteiger partial charge in [0.2, 0.25) is 0 Å². The highest BCUT2D eigenvalue weighted by Gasteiger charge is 2.28. The number of methoxy groups -OCH3 is 2. The van der Waals surface area contributed by atoms with Crippen molar-refractivity contribution in [1.82, 2.24) is 0 Å². The Bertz CT molecular complexity index is 655. The maximum Gasteiger partial charge on any atom is 0.170 e. The van der Waals surface area contributed by atoms with Crippen molar-refractivity contribution in [2.45, 2.75) is 33.0 Å². The Balaban J connectivity index is 1.95. The van der Waals surface area contributed by atoms with E-state index in [0.29, 0.717) is 64.4 Å². The molecule has 0 spiro atoms. The van der Waals surface area contributed by atoms with Gasteiger partial charge in [-0.15, -0.1) is 0 Å². The lowest BCUT2D eigenvalue weighted by atomic mass is 9.99. The summed E-state index contributed by atoms with van der Waals surface area (Å²) in [4.78, 5) is 0. The molecule has 2 rings (SSSR count). The van der Waals surface area contributed by atoms with Crippen molar-refractivity contribution < 1.29 is 33.2 Å². The maximum absolute atomic E-state index is 6.22. The minimum atomic E-state index is -0.397. The fourth-order valence-electron chi connectivity index (χ4n) is 2.87. The number of hydrogen-bond donors (Lipinski definition) is 0. The van der Waals surface area contributed by atoms with Crippen LogP contribution in [0.5, 0.6) is 17.2 Å². The van der Waals surface area contributed by atoms with E-state index in [0.717, 1.165) is 16.9 Å². The van der Waals surface area contributed by atoms with E-state index in [-0.39, 0.29) is 0 Å². The van der Waals surface area contributed by atoms with Gasteiger partial charge < -0.3 is 33.2 Å². The average Bonchev–Trinajstić information content (AvgIpc) is 2.70. The van der Waals surface area contributed by atoms with E-state index in [1.807, 2.05) is 39.0 Å². The summed E-state index contributed by atoms with van der Waals surface area (Å²) in [6.45, 7) is 9.99. The van der Waals surface area contributed by atoms with Crippen LogP contribution in [0.4, 0.5) is 0 Å². The van der Waals surface area contributed by atoms with Crippen LogP contribution in [0.1, 0.15) is 31.9 Å². The third-order valence-corrected chi connectivity index (χ3v) is 4.28. The summed E-state index contributed by atoms with van der Waals surface area (Å²) in [5.74, 6) is 2.10. The van der Waals surface area contributed by atoms with Crippen LogP contribution in [-0.2, 0) is 25.6 Å². The fourth-order valence-corrected chi connectivity index (χ4v) is 2.87. The summed E-state index contributed by atoms with van der Waals surface area (Å²) in [6, 6.07) is 1.93. The molecule has 0 bridgehead atoms. The number of ether oxygens (including phenoxy) is 7. The molecule has 1 aromatic rings. The third kappa shape index (κ3) is 7.19. The number of rotatable bonds is 14. The highest BCUT2D eigenvalue weighted by molar-refractivity contribution is 5.69. The van der Waals surface area contributed by atoms with Crippen LogP contribution in [0.2, 0.25) is 0 Å². The second-order valence-corrected chi connectivity index (χ2v) is 7.05. The quantitative estimate of drug-likeness (QED) is 0.435. The summed E-state index contributed by atoms with van der Waals surface area (Å²) in [5, 5.41) is 0. The molecule has 0 aliphatic carbocycles. The van der Waals surface area contributed by atoms with Crippen molar-refractivity contribution in [2.24, 2.45) is 0 Å². The fraction of sp³-hybridized carbons (Fsp3) is 0.636. The van der Waals surface area contributed by atoms with Crippen LogP contribution in [0.25, 0.3) is 6.08 Å². The normalized spacial score (nSPS) is 14.4. The van der Waals surface area contributed by atoms with E-state index >= 15 is 0 Å².